The lowest BCUT2D eigenvalue weighted by molar-refractivity contribution is 0.275. The predicted molar refractivity (Wildman–Crippen MR) is 65.8 cm³/mol. The van der Waals surface area contributed by atoms with Crippen LogP contribution in [-0.4, -0.2) is 4.90 Å². The minimum absolute atomic E-state index is 0.168. The third-order valence-corrected chi connectivity index (χ3v) is 3.23. The van der Waals surface area contributed by atoms with Crippen LogP contribution < -0.4 is 0 Å². The number of benzene rings is 2. The Labute approximate surface area is 101 Å². The molecule has 0 radical (unpaired) electrons. The van der Waals surface area contributed by atoms with E-state index in [2.05, 4.69) is 29.2 Å². The Bertz CT molecular complexity index is 494. The summed E-state index contributed by atoms with van der Waals surface area (Å²) in [6.07, 6.45) is 0. The molecule has 1 nitrogen and oxygen atoms in total. The normalized spacial score (nSPS) is 14.9. The van der Waals surface area contributed by atoms with E-state index < -0.39 is 0 Å². The van der Waals surface area contributed by atoms with Crippen LogP contribution in [-0.2, 0) is 19.6 Å². The highest BCUT2D eigenvalue weighted by molar-refractivity contribution is 5.30. The van der Waals surface area contributed by atoms with Crippen molar-refractivity contribution in [2.75, 3.05) is 0 Å². The van der Waals surface area contributed by atoms with Crippen LogP contribution in [0.5, 0.6) is 0 Å². The van der Waals surface area contributed by atoms with Gasteiger partial charge in [0.2, 0.25) is 0 Å². The third-order valence-electron chi connectivity index (χ3n) is 3.23. The molecule has 0 saturated heterocycles. The van der Waals surface area contributed by atoms with E-state index in [1.165, 1.54) is 28.8 Å². The number of hydrogen-bond acceptors (Lipinski definition) is 1. The van der Waals surface area contributed by atoms with Crippen LogP contribution in [0, 0.1) is 5.82 Å². The van der Waals surface area contributed by atoms with Crippen LogP contribution in [0.1, 0.15) is 16.7 Å². The minimum Gasteiger partial charge on any atom is -0.291 e. The Kier molecular flexibility index (Phi) is 2.65. The second kappa shape index (κ2) is 4.30. The molecule has 1 heterocycles. The van der Waals surface area contributed by atoms with Crippen molar-refractivity contribution in [1.29, 1.82) is 0 Å². The largest absolute Gasteiger partial charge is 0.291 e. The van der Waals surface area contributed by atoms with E-state index in [0.29, 0.717) is 0 Å². The van der Waals surface area contributed by atoms with Crippen LogP contribution in [0.3, 0.4) is 0 Å². The van der Waals surface area contributed by atoms with E-state index in [4.69, 9.17) is 0 Å². The Morgan fingerprint density at radius 2 is 1.47 bits per heavy atom. The van der Waals surface area contributed by atoms with E-state index in [1.54, 1.807) is 0 Å². The molecule has 2 heteroatoms. The molecule has 0 bridgehead atoms. The molecule has 3 rings (SSSR count). The molecule has 0 spiro atoms. The van der Waals surface area contributed by atoms with Gasteiger partial charge in [-0.3, -0.25) is 4.90 Å². The Hall–Kier alpha value is -1.67. The maximum Gasteiger partial charge on any atom is 0.123 e. The van der Waals surface area contributed by atoms with E-state index in [0.717, 1.165) is 19.6 Å². The smallest absolute Gasteiger partial charge is 0.123 e. The summed E-state index contributed by atoms with van der Waals surface area (Å²) in [6, 6.07) is 15.3. The van der Waals surface area contributed by atoms with Gasteiger partial charge in [-0.25, -0.2) is 4.39 Å². The van der Waals surface area contributed by atoms with Gasteiger partial charge in [-0.1, -0.05) is 36.4 Å². The highest BCUT2D eigenvalue weighted by atomic mass is 19.1. The number of halogens is 1. The van der Waals surface area contributed by atoms with Crippen LogP contribution in [0.15, 0.2) is 48.5 Å². The van der Waals surface area contributed by atoms with E-state index in [1.807, 2.05) is 12.1 Å². The molecular formula is C15H14FN. The van der Waals surface area contributed by atoms with Gasteiger partial charge < -0.3 is 0 Å². The summed E-state index contributed by atoms with van der Waals surface area (Å²) in [4.78, 5) is 2.37. The minimum atomic E-state index is -0.168. The summed E-state index contributed by atoms with van der Waals surface area (Å²) in [6.45, 7) is 2.87. The van der Waals surface area contributed by atoms with Crippen molar-refractivity contribution in [3.63, 3.8) is 0 Å². The van der Waals surface area contributed by atoms with E-state index in [-0.39, 0.29) is 5.82 Å². The molecular weight excluding hydrogens is 213 g/mol. The van der Waals surface area contributed by atoms with Crippen molar-refractivity contribution in [1.82, 2.24) is 4.90 Å². The summed E-state index contributed by atoms with van der Waals surface area (Å²) in [5.74, 6) is -0.168. The molecule has 0 fully saturated rings. The summed E-state index contributed by atoms with van der Waals surface area (Å²) >= 11 is 0. The number of hydrogen-bond donors (Lipinski definition) is 0. The first-order valence-corrected chi connectivity index (χ1v) is 5.85. The SMILES string of the molecule is Fc1ccc(CN2Cc3ccccc3C2)cc1. The lowest BCUT2D eigenvalue weighted by Gasteiger charge is -2.14. The first kappa shape index (κ1) is 10.5. The van der Waals surface area contributed by atoms with Crippen molar-refractivity contribution >= 4 is 0 Å². The van der Waals surface area contributed by atoms with Crippen molar-refractivity contribution in [3.05, 3.63) is 71.0 Å². The molecule has 2 aromatic carbocycles. The van der Waals surface area contributed by atoms with Gasteiger partial charge >= 0.3 is 0 Å². The maximum atomic E-state index is 12.8. The van der Waals surface area contributed by atoms with E-state index in [9.17, 15) is 4.39 Å². The lowest BCUT2D eigenvalue weighted by Crippen LogP contribution is -2.15. The molecule has 0 amide bonds. The molecule has 1 aliphatic heterocycles. The Morgan fingerprint density at radius 3 is 2.06 bits per heavy atom. The van der Waals surface area contributed by atoms with Gasteiger partial charge in [0.1, 0.15) is 5.82 Å². The van der Waals surface area contributed by atoms with Crippen molar-refractivity contribution in [2.45, 2.75) is 19.6 Å². The monoisotopic (exact) mass is 227 g/mol. The molecule has 86 valence electrons. The van der Waals surface area contributed by atoms with Gasteiger partial charge in [-0.2, -0.15) is 0 Å². The molecule has 0 atom stereocenters. The fourth-order valence-electron chi connectivity index (χ4n) is 2.36. The van der Waals surface area contributed by atoms with E-state index >= 15 is 0 Å². The molecule has 0 N–H and O–H groups in total. The fraction of sp³-hybridized carbons (Fsp3) is 0.200. The Balaban J connectivity index is 1.71. The van der Waals surface area contributed by atoms with Gasteiger partial charge in [-0.15, -0.1) is 0 Å². The summed E-state index contributed by atoms with van der Waals surface area (Å²) in [7, 11) is 0. The average Bonchev–Trinajstić information content (AvgIpc) is 2.74. The molecule has 17 heavy (non-hydrogen) atoms. The third kappa shape index (κ3) is 2.22. The zero-order chi connectivity index (χ0) is 11.7. The van der Waals surface area contributed by atoms with Crippen molar-refractivity contribution in [2.24, 2.45) is 0 Å². The van der Waals surface area contributed by atoms with Gasteiger partial charge in [0, 0.05) is 19.6 Å². The van der Waals surface area contributed by atoms with Gasteiger partial charge in [-0.05, 0) is 28.8 Å². The number of fused-ring (bicyclic) bond motifs is 1. The number of nitrogens with zero attached hydrogens (tertiary/aromatic N) is 1. The summed E-state index contributed by atoms with van der Waals surface area (Å²) in [5.41, 5.74) is 3.99. The summed E-state index contributed by atoms with van der Waals surface area (Å²) < 4.78 is 12.8. The van der Waals surface area contributed by atoms with Crippen molar-refractivity contribution in [3.8, 4) is 0 Å². The second-order valence-corrected chi connectivity index (χ2v) is 4.54. The Morgan fingerprint density at radius 1 is 0.882 bits per heavy atom. The zero-order valence-electron chi connectivity index (χ0n) is 9.57. The van der Waals surface area contributed by atoms with Crippen LogP contribution in [0.4, 0.5) is 4.39 Å². The molecule has 0 saturated carbocycles. The molecule has 0 aromatic heterocycles. The molecule has 2 aromatic rings. The molecule has 1 aliphatic rings. The maximum absolute atomic E-state index is 12.8. The second-order valence-electron chi connectivity index (χ2n) is 4.54. The van der Waals surface area contributed by atoms with Crippen LogP contribution in [0.2, 0.25) is 0 Å². The number of rotatable bonds is 2. The standard InChI is InChI=1S/C15H14FN/c16-15-7-5-12(6-8-15)9-17-10-13-3-1-2-4-14(13)11-17/h1-8H,9-11H2. The molecule has 0 unspecified atom stereocenters. The quantitative estimate of drug-likeness (QED) is 0.760. The summed E-state index contributed by atoms with van der Waals surface area (Å²) in [5, 5.41) is 0. The van der Waals surface area contributed by atoms with Gasteiger partial charge in [0.15, 0.2) is 0 Å². The first-order valence-electron chi connectivity index (χ1n) is 5.85. The highest BCUT2D eigenvalue weighted by Gasteiger charge is 2.17. The highest BCUT2D eigenvalue weighted by Crippen LogP contribution is 2.23. The first-order chi connectivity index (χ1) is 8.31. The lowest BCUT2D eigenvalue weighted by atomic mass is 10.1. The predicted octanol–water partition coefficient (Wildman–Crippen LogP) is 3.34. The fourth-order valence-corrected chi connectivity index (χ4v) is 2.36. The topological polar surface area (TPSA) is 3.24 Å². The van der Waals surface area contributed by atoms with Gasteiger partial charge in [0.05, 0.1) is 0 Å². The molecule has 0 aliphatic carbocycles. The van der Waals surface area contributed by atoms with Crippen molar-refractivity contribution < 1.29 is 4.39 Å². The van der Waals surface area contributed by atoms with Gasteiger partial charge in [0.25, 0.3) is 0 Å². The average molecular weight is 227 g/mol. The van der Waals surface area contributed by atoms with Crippen LogP contribution >= 0.6 is 0 Å². The zero-order valence-corrected chi connectivity index (χ0v) is 9.57. The van der Waals surface area contributed by atoms with Crippen LogP contribution in [0.25, 0.3) is 0 Å².